The van der Waals surface area contributed by atoms with E-state index in [1.54, 1.807) is 0 Å². The van der Waals surface area contributed by atoms with E-state index in [9.17, 15) is 0 Å². The second-order valence-corrected chi connectivity index (χ2v) is 11.8. The number of nitrogens with zero attached hydrogens (tertiary/aromatic N) is 1. The smallest absolute Gasteiger partial charge is 0.0462 e. The lowest BCUT2D eigenvalue weighted by molar-refractivity contribution is 1.28. The van der Waals surface area contributed by atoms with E-state index in [-0.39, 0.29) is 0 Å². The second kappa shape index (κ2) is 12.7. The Morgan fingerprint density at radius 3 is 1.28 bits per heavy atom. The number of rotatable bonds is 7. The third kappa shape index (κ3) is 5.83. The number of benzene rings is 8. The molecule has 0 atom stereocenters. The number of fused-ring (bicyclic) bond motifs is 1. The molecule has 0 spiro atoms. The summed E-state index contributed by atoms with van der Waals surface area (Å²) in [4.78, 5) is 2.32. The molecule has 0 heterocycles. The third-order valence-corrected chi connectivity index (χ3v) is 8.86. The summed E-state index contributed by atoms with van der Waals surface area (Å²) in [5.41, 5.74) is 13.1. The Morgan fingerprint density at radius 1 is 0.255 bits per heavy atom. The van der Waals surface area contributed by atoms with E-state index in [0.29, 0.717) is 0 Å². The van der Waals surface area contributed by atoms with Gasteiger partial charge >= 0.3 is 0 Å². The van der Waals surface area contributed by atoms with Crippen molar-refractivity contribution in [1.29, 1.82) is 0 Å². The van der Waals surface area contributed by atoms with E-state index < -0.39 is 0 Å². The largest absolute Gasteiger partial charge is 0.311 e. The molecule has 0 saturated heterocycles. The SMILES string of the molecule is c1ccc(-c2cccc(-c3ccc(N(c4ccccc4)c4ccc(-c5cccc(-c6cccc7ccccc67)c5)cc4)cc3)c2)cc1. The van der Waals surface area contributed by atoms with Gasteiger partial charge in [0.1, 0.15) is 0 Å². The molecular formula is C46H33N. The van der Waals surface area contributed by atoms with Crippen LogP contribution in [0.5, 0.6) is 0 Å². The lowest BCUT2D eigenvalue weighted by atomic mass is 9.95. The van der Waals surface area contributed by atoms with Crippen LogP contribution in [0.2, 0.25) is 0 Å². The summed E-state index contributed by atoms with van der Waals surface area (Å²) in [6, 6.07) is 71.7. The van der Waals surface area contributed by atoms with Crippen molar-refractivity contribution in [3.63, 3.8) is 0 Å². The minimum atomic E-state index is 1.11. The summed E-state index contributed by atoms with van der Waals surface area (Å²) in [7, 11) is 0. The van der Waals surface area contributed by atoms with Gasteiger partial charge in [-0.1, -0.05) is 152 Å². The zero-order chi connectivity index (χ0) is 31.4. The van der Waals surface area contributed by atoms with E-state index in [1.165, 1.54) is 55.3 Å². The Hall–Kier alpha value is -6.18. The highest BCUT2D eigenvalue weighted by atomic mass is 15.1. The van der Waals surface area contributed by atoms with E-state index in [0.717, 1.165) is 17.1 Å². The van der Waals surface area contributed by atoms with Gasteiger partial charge in [-0.3, -0.25) is 0 Å². The first-order chi connectivity index (χ1) is 23.3. The molecule has 8 aromatic carbocycles. The van der Waals surface area contributed by atoms with E-state index in [4.69, 9.17) is 0 Å². The van der Waals surface area contributed by atoms with Crippen LogP contribution < -0.4 is 4.90 Å². The summed E-state index contributed by atoms with van der Waals surface area (Å²) in [6.45, 7) is 0. The van der Waals surface area contributed by atoms with Gasteiger partial charge in [0, 0.05) is 17.1 Å². The van der Waals surface area contributed by atoms with Crippen molar-refractivity contribution in [2.45, 2.75) is 0 Å². The fraction of sp³-hybridized carbons (Fsp3) is 0. The van der Waals surface area contributed by atoms with Gasteiger partial charge < -0.3 is 4.90 Å². The summed E-state index contributed by atoms with van der Waals surface area (Å²) in [5.74, 6) is 0. The number of hydrogen-bond acceptors (Lipinski definition) is 1. The van der Waals surface area contributed by atoms with Crippen LogP contribution in [0.1, 0.15) is 0 Å². The van der Waals surface area contributed by atoms with Crippen molar-refractivity contribution in [1.82, 2.24) is 0 Å². The Morgan fingerprint density at radius 2 is 0.660 bits per heavy atom. The average molecular weight is 600 g/mol. The molecule has 0 N–H and O–H groups in total. The fourth-order valence-corrected chi connectivity index (χ4v) is 6.48. The minimum absolute atomic E-state index is 1.11. The molecule has 47 heavy (non-hydrogen) atoms. The molecule has 0 aliphatic heterocycles. The van der Waals surface area contributed by atoms with Gasteiger partial charge in [0.05, 0.1) is 0 Å². The van der Waals surface area contributed by atoms with Gasteiger partial charge in [-0.25, -0.2) is 0 Å². The maximum atomic E-state index is 2.32. The van der Waals surface area contributed by atoms with Crippen LogP contribution in [0.3, 0.4) is 0 Å². The lowest BCUT2D eigenvalue weighted by Gasteiger charge is -2.26. The first-order valence-corrected chi connectivity index (χ1v) is 16.1. The van der Waals surface area contributed by atoms with Crippen molar-refractivity contribution in [2.75, 3.05) is 4.90 Å². The Bertz CT molecular complexity index is 2260. The summed E-state index contributed by atoms with van der Waals surface area (Å²) < 4.78 is 0. The predicted molar refractivity (Wildman–Crippen MR) is 200 cm³/mol. The molecule has 0 fully saturated rings. The van der Waals surface area contributed by atoms with Crippen LogP contribution in [0, 0.1) is 0 Å². The predicted octanol–water partition coefficient (Wildman–Crippen LogP) is 13.0. The van der Waals surface area contributed by atoms with Crippen LogP contribution in [-0.4, -0.2) is 0 Å². The van der Waals surface area contributed by atoms with Gasteiger partial charge in [-0.05, 0) is 104 Å². The maximum absolute atomic E-state index is 2.32. The number of anilines is 3. The molecule has 0 saturated carbocycles. The van der Waals surface area contributed by atoms with Crippen molar-refractivity contribution >= 4 is 27.8 Å². The highest BCUT2D eigenvalue weighted by Gasteiger charge is 2.14. The normalized spacial score (nSPS) is 11.0. The highest BCUT2D eigenvalue weighted by Crippen LogP contribution is 2.38. The quantitative estimate of drug-likeness (QED) is 0.176. The second-order valence-electron chi connectivity index (χ2n) is 11.8. The number of para-hydroxylation sites is 1. The number of hydrogen-bond donors (Lipinski definition) is 0. The van der Waals surface area contributed by atoms with Crippen molar-refractivity contribution in [3.8, 4) is 44.5 Å². The van der Waals surface area contributed by atoms with Crippen LogP contribution in [0.4, 0.5) is 17.1 Å². The highest BCUT2D eigenvalue weighted by molar-refractivity contribution is 5.97. The zero-order valence-electron chi connectivity index (χ0n) is 26.0. The van der Waals surface area contributed by atoms with Crippen LogP contribution in [0.15, 0.2) is 200 Å². The summed E-state index contributed by atoms with van der Waals surface area (Å²) in [5, 5.41) is 2.53. The molecule has 8 aromatic rings. The van der Waals surface area contributed by atoms with Gasteiger partial charge in [-0.15, -0.1) is 0 Å². The minimum Gasteiger partial charge on any atom is -0.311 e. The van der Waals surface area contributed by atoms with Crippen molar-refractivity contribution < 1.29 is 0 Å². The van der Waals surface area contributed by atoms with Crippen LogP contribution in [-0.2, 0) is 0 Å². The van der Waals surface area contributed by atoms with Crippen LogP contribution >= 0.6 is 0 Å². The zero-order valence-corrected chi connectivity index (χ0v) is 26.0. The van der Waals surface area contributed by atoms with Gasteiger partial charge in [0.25, 0.3) is 0 Å². The molecule has 0 unspecified atom stereocenters. The molecule has 1 nitrogen and oxygen atoms in total. The summed E-state index contributed by atoms with van der Waals surface area (Å²) in [6.07, 6.45) is 0. The lowest BCUT2D eigenvalue weighted by Crippen LogP contribution is -2.09. The molecule has 0 aromatic heterocycles. The fourth-order valence-electron chi connectivity index (χ4n) is 6.48. The molecular weight excluding hydrogens is 567 g/mol. The monoisotopic (exact) mass is 599 g/mol. The standard InChI is InChI=1S/C46H33N/c1-3-12-34(13-4-1)38-16-9-17-39(32-38)35-24-28-43(29-25-35)47(42-20-5-2-6-21-42)44-30-26-36(27-31-44)40-18-10-19-41(33-40)46-23-11-15-37-14-7-8-22-45(37)46/h1-33H. The van der Waals surface area contributed by atoms with Crippen molar-refractivity contribution in [3.05, 3.63) is 200 Å². The third-order valence-electron chi connectivity index (χ3n) is 8.86. The molecule has 0 aliphatic rings. The van der Waals surface area contributed by atoms with Gasteiger partial charge in [0.2, 0.25) is 0 Å². The van der Waals surface area contributed by atoms with E-state index in [2.05, 4.69) is 205 Å². The van der Waals surface area contributed by atoms with Gasteiger partial charge in [0.15, 0.2) is 0 Å². The Balaban J connectivity index is 1.11. The average Bonchev–Trinajstić information content (AvgIpc) is 3.16. The Labute approximate surface area is 276 Å². The molecule has 222 valence electrons. The van der Waals surface area contributed by atoms with Gasteiger partial charge in [-0.2, -0.15) is 0 Å². The maximum Gasteiger partial charge on any atom is 0.0462 e. The first-order valence-electron chi connectivity index (χ1n) is 16.1. The van der Waals surface area contributed by atoms with E-state index in [1.807, 2.05) is 0 Å². The van der Waals surface area contributed by atoms with Crippen LogP contribution in [0.25, 0.3) is 55.3 Å². The Kier molecular flexibility index (Phi) is 7.63. The molecule has 0 amide bonds. The van der Waals surface area contributed by atoms with Crippen molar-refractivity contribution in [2.24, 2.45) is 0 Å². The molecule has 1 heteroatoms. The molecule has 0 radical (unpaired) electrons. The van der Waals surface area contributed by atoms with E-state index >= 15 is 0 Å². The topological polar surface area (TPSA) is 3.24 Å². The first kappa shape index (κ1) is 28.3. The molecule has 0 bridgehead atoms. The molecule has 8 rings (SSSR count). The molecule has 0 aliphatic carbocycles. The summed E-state index contributed by atoms with van der Waals surface area (Å²) >= 11 is 0.